The highest BCUT2D eigenvalue weighted by Gasteiger charge is 2.53. The number of hydrogen-bond donors (Lipinski definition) is 2. The summed E-state index contributed by atoms with van der Waals surface area (Å²) in [5, 5.41) is 10.5. The number of esters is 1. The molecule has 3 aromatic rings. The normalized spacial score (nSPS) is 23.4. The summed E-state index contributed by atoms with van der Waals surface area (Å²) in [5.74, 6) is -1.11. The topological polar surface area (TPSA) is 130 Å². The minimum atomic E-state index is -3.94. The highest BCUT2D eigenvalue weighted by molar-refractivity contribution is 7.89. The van der Waals surface area contributed by atoms with Gasteiger partial charge in [-0.15, -0.1) is 0 Å². The predicted molar refractivity (Wildman–Crippen MR) is 133 cm³/mol. The van der Waals surface area contributed by atoms with Crippen molar-refractivity contribution in [1.29, 1.82) is 0 Å². The third-order valence-electron chi connectivity index (χ3n) is 7.38. The van der Waals surface area contributed by atoms with Gasteiger partial charge in [0.1, 0.15) is 0 Å². The van der Waals surface area contributed by atoms with Crippen LogP contribution < -0.4 is 23.7 Å². The van der Waals surface area contributed by atoms with Crippen LogP contribution in [0.25, 0.3) is 0 Å². The summed E-state index contributed by atoms with van der Waals surface area (Å²) < 4.78 is 57.2. The molecule has 2 N–H and O–H groups in total. The number of cyclic esters (lactones) is 1. The van der Waals surface area contributed by atoms with Gasteiger partial charge < -0.3 is 28.8 Å². The first-order valence-electron chi connectivity index (χ1n) is 11.9. The third-order valence-corrected chi connectivity index (χ3v) is 8.84. The number of nitrogens with one attached hydrogen (secondary N) is 1. The zero-order valence-electron chi connectivity index (χ0n) is 20.5. The second-order valence-electron chi connectivity index (χ2n) is 9.32. The number of rotatable bonds is 6. The first-order valence-corrected chi connectivity index (χ1v) is 13.4. The lowest BCUT2D eigenvalue weighted by molar-refractivity contribution is -0.141. The maximum atomic E-state index is 13.4. The van der Waals surface area contributed by atoms with Crippen LogP contribution in [0.15, 0.2) is 59.5 Å². The smallest absolute Gasteiger partial charge is 0.310 e. The molecule has 0 radical (unpaired) electrons. The molecule has 4 atom stereocenters. The first kappa shape index (κ1) is 24.4. The number of carbonyl (C=O) groups excluding carboxylic acids is 1. The lowest BCUT2D eigenvalue weighted by Gasteiger charge is -2.39. The van der Waals surface area contributed by atoms with E-state index in [-0.39, 0.29) is 35.5 Å². The van der Waals surface area contributed by atoms with E-state index in [0.29, 0.717) is 28.2 Å². The van der Waals surface area contributed by atoms with Crippen LogP contribution >= 0.6 is 0 Å². The van der Waals surface area contributed by atoms with E-state index in [4.69, 9.17) is 23.7 Å². The van der Waals surface area contributed by atoms with E-state index in [2.05, 4.69) is 4.72 Å². The molecular formula is C27H25NO9S. The van der Waals surface area contributed by atoms with Gasteiger partial charge in [0.25, 0.3) is 0 Å². The van der Waals surface area contributed by atoms with Crippen molar-refractivity contribution in [1.82, 2.24) is 4.72 Å². The molecule has 0 saturated carbocycles. The molecule has 1 fully saturated rings. The van der Waals surface area contributed by atoms with E-state index in [1.165, 1.54) is 26.4 Å². The quantitative estimate of drug-likeness (QED) is 0.454. The number of ether oxygens (including phenoxy) is 5. The lowest BCUT2D eigenvalue weighted by atomic mass is 9.65. The SMILES string of the molecule is COc1cc([C@H]2c3cc4c(cc3[C@H](NS(=O)(=O)c3ccccc3)[C@H]3COC(=O)[C@H]23)OCO4)cc(OC)c1O. The standard InChI is InChI=1S/C27H25NO9S/c1-33-21-8-14(9-22(34-2)26(21)29)23-16-10-19-20(37-13-36-19)11-17(16)25(18-12-35-27(30)24(18)23)28-38(31,32)15-6-4-3-5-7-15/h3-11,18,23-25,28-29H,12-13H2,1-2H3/t18-,23-,24-,25-/m0/s1. The molecule has 0 spiro atoms. The summed E-state index contributed by atoms with van der Waals surface area (Å²) >= 11 is 0. The van der Waals surface area contributed by atoms with Crippen LogP contribution in [0.5, 0.6) is 28.7 Å². The predicted octanol–water partition coefficient (Wildman–Crippen LogP) is 3.09. The summed E-state index contributed by atoms with van der Waals surface area (Å²) in [6.07, 6.45) is 0. The molecule has 1 aliphatic carbocycles. The summed E-state index contributed by atoms with van der Waals surface area (Å²) in [7, 11) is -1.10. The molecule has 0 aromatic heterocycles. The highest BCUT2D eigenvalue weighted by atomic mass is 32.2. The van der Waals surface area contributed by atoms with Gasteiger partial charge in [0, 0.05) is 11.8 Å². The number of phenols is 1. The van der Waals surface area contributed by atoms with Crippen LogP contribution in [0, 0.1) is 11.8 Å². The Balaban J connectivity index is 1.55. The van der Waals surface area contributed by atoms with Gasteiger partial charge in [0.15, 0.2) is 23.0 Å². The summed E-state index contributed by atoms with van der Waals surface area (Å²) in [6, 6.07) is 14.1. The molecule has 1 saturated heterocycles. The number of fused-ring (bicyclic) bond motifs is 3. The van der Waals surface area contributed by atoms with Crippen LogP contribution in [0.4, 0.5) is 0 Å². The number of phenolic OH excluding ortho intramolecular Hbond substituents is 1. The van der Waals surface area contributed by atoms with Gasteiger partial charge in [-0.3, -0.25) is 4.79 Å². The maximum Gasteiger partial charge on any atom is 0.310 e. The Morgan fingerprint density at radius 2 is 1.55 bits per heavy atom. The maximum absolute atomic E-state index is 13.4. The molecule has 38 heavy (non-hydrogen) atoms. The molecule has 0 bridgehead atoms. The second-order valence-corrected chi connectivity index (χ2v) is 11.0. The molecule has 2 aliphatic heterocycles. The molecule has 11 heteroatoms. The van der Waals surface area contributed by atoms with Crippen LogP contribution in [0.2, 0.25) is 0 Å². The average molecular weight is 540 g/mol. The van der Waals surface area contributed by atoms with E-state index < -0.39 is 39.8 Å². The van der Waals surface area contributed by atoms with Gasteiger partial charge in [-0.1, -0.05) is 18.2 Å². The Hall–Kier alpha value is -3.96. The molecule has 3 aromatic carbocycles. The summed E-state index contributed by atoms with van der Waals surface area (Å²) in [4.78, 5) is 13.3. The molecule has 6 rings (SSSR count). The van der Waals surface area contributed by atoms with Crippen molar-refractivity contribution in [2.24, 2.45) is 11.8 Å². The van der Waals surface area contributed by atoms with Crippen LogP contribution in [0.1, 0.15) is 28.7 Å². The Morgan fingerprint density at radius 3 is 2.18 bits per heavy atom. The van der Waals surface area contributed by atoms with Crippen molar-refractivity contribution >= 4 is 16.0 Å². The Labute approximate surface area is 219 Å². The largest absolute Gasteiger partial charge is 0.502 e. The van der Waals surface area contributed by atoms with Crippen LogP contribution in [0.3, 0.4) is 0 Å². The molecule has 0 unspecified atom stereocenters. The molecule has 10 nitrogen and oxygen atoms in total. The molecule has 198 valence electrons. The van der Waals surface area contributed by atoms with Gasteiger partial charge in [-0.05, 0) is 53.1 Å². The van der Waals surface area contributed by atoms with Gasteiger partial charge in [0.2, 0.25) is 22.6 Å². The fourth-order valence-electron chi connectivity index (χ4n) is 5.64. The van der Waals surface area contributed by atoms with E-state index in [1.807, 2.05) is 0 Å². The fraction of sp³-hybridized carbons (Fsp3) is 0.296. The van der Waals surface area contributed by atoms with Gasteiger partial charge >= 0.3 is 5.97 Å². The summed E-state index contributed by atoms with van der Waals surface area (Å²) in [5.41, 5.74) is 1.95. The van der Waals surface area contributed by atoms with Crippen molar-refractivity contribution in [2.45, 2.75) is 16.9 Å². The van der Waals surface area contributed by atoms with Crippen LogP contribution in [-0.4, -0.2) is 47.1 Å². The summed E-state index contributed by atoms with van der Waals surface area (Å²) in [6.45, 7) is 0.0568. The number of benzene rings is 3. The minimum absolute atomic E-state index is 0.0268. The van der Waals surface area contributed by atoms with Crippen molar-refractivity contribution in [2.75, 3.05) is 27.6 Å². The fourth-order valence-corrected chi connectivity index (χ4v) is 6.93. The number of sulfonamides is 1. The number of methoxy groups -OCH3 is 2. The number of aromatic hydroxyl groups is 1. The van der Waals surface area contributed by atoms with Crippen molar-refractivity contribution < 1.29 is 42.0 Å². The molecular weight excluding hydrogens is 514 g/mol. The number of carbonyl (C=O) groups is 1. The van der Waals surface area contributed by atoms with Crippen LogP contribution in [-0.2, 0) is 19.6 Å². The van der Waals surface area contributed by atoms with E-state index in [9.17, 15) is 18.3 Å². The van der Waals surface area contributed by atoms with E-state index in [0.717, 1.165) is 0 Å². The Bertz CT molecular complexity index is 1500. The molecule has 2 heterocycles. The second kappa shape index (κ2) is 9.10. The van der Waals surface area contributed by atoms with Crippen molar-refractivity contribution in [3.05, 3.63) is 71.3 Å². The van der Waals surface area contributed by atoms with Gasteiger partial charge in [-0.2, -0.15) is 0 Å². The minimum Gasteiger partial charge on any atom is -0.502 e. The van der Waals surface area contributed by atoms with Gasteiger partial charge in [-0.25, -0.2) is 13.1 Å². The van der Waals surface area contributed by atoms with Crippen molar-refractivity contribution in [3.63, 3.8) is 0 Å². The van der Waals surface area contributed by atoms with Gasteiger partial charge in [0.05, 0.1) is 37.7 Å². The zero-order valence-corrected chi connectivity index (χ0v) is 21.4. The third kappa shape index (κ3) is 3.81. The highest BCUT2D eigenvalue weighted by Crippen LogP contribution is 2.55. The lowest BCUT2D eigenvalue weighted by Crippen LogP contribution is -2.42. The van der Waals surface area contributed by atoms with Crippen molar-refractivity contribution in [3.8, 4) is 28.7 Å². The van der Waals surface area contributed by atoms with E-state index in [1.54, 1.807) is 42.5 Å². The zero-order chi connectivity index (χ0) is 26.6. The molecule has 0 amide bonds. The Morgan fingerprint density at radius 1 is 0.921 bits per heavy atom. The monoisotopic (exact) mass is 539 g/mol. The first-order chi connectivity index (χ1) is 18.3. The Kier molecular flexibility index (Phi) is 5.84. The average Bonchev–Trinajstić information content (AvgIpc) is 3.54. The number of hydrogen-bond acceptors (Lipinski definition) is 9. The molecule has 3 aliphatic rings. The van der Waals surface area contributed by atoms with E-state index >= 15 is 0 Å².